The van der Waals surface area contributed by atoms with Crippen LogP contribution in [0.3, 0.4) is 0 Å². The molecule has 2 atom stereocenters. The van der Waals surface area contributed by atoms with Crippen molar-refractivity contribution < 1.29 is 19.1 Å². The lowest BCUT2D eigenvalue weighted by Crippen LogP contribution is -2.54. The van der Waals surface area contributed by atoms with Gasteiger partial charge in [0.2, 0.25) is 11.8 Å². The summed E-state index contributed by atoms with van der Waals surface area (Å²) in [5.74, 6) is 1.81. The average Bonchev–Trinajstić information content (AvgIpc) is 2.87. The summed E-state index contributed by atoms with van der Waals surface area (Å²) in [4.78, 5) is 41.8. The first kappa shape index (κ1) is 30.2. The summed E-state index contributed by atoms with van der Waals surface area (Å²) in [6.45, 7) is 11.7. The zero-order chi connectivity index (χ0) is 28.1. The van der Waals surface area contributed by atoms with Crippen LogP contribution in [-0.4, -0.2) is 47.5 Å². The van der Waals surface area contributed by atoms with Gasteiger partial charge in [0.25, 0.3) is 0 Å². The van der Waals surface area contributed by atoms with Crippen LogP contribution in [0.15, 0.2) is 67.3 Å². The van der Waals surface area contributed by atoms with Gasteiger partial charge in [0, 0.05) is 25.1 Å². The lowest BCUT2D eigenvalue weighted by Gasteiger charge is -2.34. The van der Waals surface area contributed by atoms with Gasteiger partial charge in [-0.3, -0.25) is 9.59 Å². The predicted molar refractivity (Wildman–Crippen MR) is 150 cm³/mol. The number of hydrogen-bond acceptors (Lipinski definition) is 4. The molecule has 7 heteroatoms. The number of terminal acetylenes is 1. The Hall–Kier alpha value is -4.05. The third-order valence-electron chi connectivity index (χ3n) is 5.66. The van der Waals surface area contributed by atoms with Gasteiger partial charge in [-0.2, -0.15) is 0 Å². The third-order valence-corrected chi connectivity index (χ3v) is 5.66. The van der Waals surface area contributed by atoms with Crippen molar-refractivity contribution in [2.75, 3.05) is 13.1 Å². The maximum Gasteiger partial charge on any atom is 0.408 e. The summed E-state index contributed by atoms with van der Waals surface area (Å²) in [6.07, 6.45) is 8.30. The minimum absolute atomic E-state index is 0.0862. The number of nitrogens with zero attached hydrogens (tertiary/aromatic N) is 1. The van der Waals surface area contributed by atoms with Crippen LogP contribution in [0.2, 0.25) is 0 Å². The van der Waals surface area contributed by atoms with Gasteiger partial charge in [-0.05, 0) is 50.5 Å². The number of unbranched alkanes of at least 4 members (excludes halogenated alkanes) is 1. The zero-order valence-corrected chi connectivity index (χ0v) is 22.8. The minimum atomic E-state index is -0.983. The van der Waals surface area contributed by atoms with Crippen LogP contribution in [-0.2, 0) is 20.7 Å². The van der Waals surface area contributed by atoms with Crippen molar-refractivity contribution >= 4 is 17.9 Å². The van der Waals surface area contributed by atoms with Gasteiger partial charge in [0.05, 0.1) is 0 Å². The highest BCUT2D eigenvalue weighted by Gasteiger charge is 2.35. The van der Waals surface area contributed by atoms with E-state index in [1.165, 1.54) is 4.90 Å². The van der Waals surface area contributed by atoms with Crippen LogP contribution in [0.1, 0.15) is 63.3 Å². The van der Waals surface area contributed by atoms with Crippen molar-refractivity contribution in [2.24, 2.45) is 0 Å². The number of carbonyl (C=O) groups excluding carboxylic acids is 3. The second kappa shape index (κ2) is 14.6. The molecule has 2 aromatic rings. The Morgan fingerprint density at radius 2 is 1.76 bits per heavy atom. The molecule has 3 amide bonds. The number of hydrogen-bond donors (Lipinski definition) is 2. The highest BCUT2D eigenvalue weighted by Crippen LogP contribution is 2.24. The van der Waals surface area contributed by atoms with Gasteiger partial charge in [-0.15, -0.1) is 13.0 Å². The zero-order valence-electron chi connectivity index (χ0n) is 22.8. The molecule has 0 heterocycles. The van der Waals surface area contributed by atoms with E-state index in [4.69, 9.17) is 11.2 Å². The maximum absolute atomic E-state index is 14.1. The Bertz CT molecular complexity index is 1110. The van der Waals surface area contributed by atoms with Gasteiger partial charge in [0.1, 0.15) is 17.7 Å². The lowest BCUT2D eigenvalue weighted by atomic mass is 9.99. The number of amides is 3. The van der Waals surface area contributed by atoms with E-state index in [0.717, 1.165) is 18.4 Å². The van der Waals surface area contributed by atoms with Crippen LogP contribution in [0.25, 0.3) is 0 Å². The first-order chi connectivity index (χ1) is 18.1. The molecular formula is C31H39N3O4. The first-order valence-corrected chi connectivity index (χ1v) is 12.9. The molecule has 38 heavy (non-hydrogen) atoms. The highest BCUT2D eigenvalue weighted by atomic mass is 16.6. The van der Waals surface area contributed by atoms with E-state index in [1.807, 2.05) is 37.3 Å². The summed E-state index contributed by atoms with van der Waals surface area (Å²) >= 11 is 0. The van der Waals surface area contributed by atoms with Crippen LogP contribution in [0.5, 0.6) is 0 Å². The molecular weight excluding hydrogens is 478 g/mol. The Labute approximate surface area is 226 Å². The molecule has 0 aliphatic rings. The molecule has 0 saturated carbocycles. The van der Waals surface area contributed by atoms with E-state index in [0.29, 0.717) is 17.7 Å². The summed E-state index contributed by atoms with van der Waals surface area (Å²) in [6, 6.07) is 14.4. The van der Waals surface area contributed by atoms with Crippen LogP contribution in [0, 0.1) is 12.3 Å². The average molecular weight is 518 g/mol. The van der Waals surface area contributed by atoms with Gasteiger partial charge in [0.15, 0.2) is 0 Å². The fourth-order valence-corrected chi connectivity index (χ4v) is 3.88. The fourth-order valence-electron chi connectivity index (χ4n) is 3.88. The van der Waals surface area contributed by atoms with E-state index < -0.39 is 29.7 Å². The molecule has 2 aromatic carbocycles. The summed E-state index contributed by atoms with van der Waals surface area (Å²) in [5.41, 5.74) is 1.37. The molecule has 0 aromatic heterocycles. The van der Waals surface area contributed by atoms with Gasteiger partial charge in [-0.1, -0.05) is 67.8 Å². The molecule has 0 fully saturated rings. The van der Waals surface area contributed by atoms with Crippen LogP contribution < -0.4 is 10.6 Å². The van der Waals surface area contributed by atoms with Crippen LogP contribution in [0.4, 0.5) is 4.79 Å². The van der Waals surface area contributed by atoms with E-state index >= 15 is 0 Å². The Morgan fingerprint density at radius 1 is 1.11 bits per heavy atom. The number of carbonyl (C=O) groups is 3. The largest absolute Gasteiger partial charge is 0.444 e. The molecule has 7 nitrogen and oxygen atoms in total. The standard InChI is InChI=1S/C31H39N3O4/c1-7-10-20-32-28(35)27(25-18-16-23(9-3)17-19-25)34(21-8-2)29(36)26(22-24-14-12-11-13-15-24)33-30(37)38-31(4,5)6/h3,8,11-19,26-27H,2,7,10,20-22H2,1,4-6H3,(H,32,35)(H,33,37). The van der Waals surface area contributed by atoms with Crippen molar-refractivity contribution in [3.05, 3.63) is 83.9 Å². The molecule has 0 aliphatic carbocycles. The summed E-state index contributed by atoms with van der Waals surface area (Å²) in [5, 5.41) is 5.68. The van der Waals surface area contributed by atoms with E-state index in [9.17, 15) is 14.4 Å². The maximum atomic E-state index is 14.1. The van der Waals surface area contributed by atoms with E-state index in [-0.39, 0.29) is 18.9 Å². The molecule has 0 aliphatic heterocycles. The molecule has 0 saturated heterocycles. The van der Waals surface area contributed by atoms with Crippen molar-refractivity contribution in [3.8, 4) is 12.3 Å². The smallest absolute Gasteiger partial charge is 0.408 e. The molecule has 0 radical (unpaired) electrons. The minimum Gasteiger partial charge on any atom is -0.444 e. The second-order valence-corrected chi connectivity index (χ2v) is 9.98. The Balaban J connectivity index is 2.49. The predicted octanol–water partition coefficient (Wildman–Crippen LogP) is 4.78. The molecule has 0 bridgehead atoms. The monoisotopic (exact) mass is 517 g/mol. The lowest BCUT2D eigenvalue weighted by molar-refractivity contribution is -0.141. The number of nitrogens with one attached hydrogen (secondary N) is 2. The van der Waals surface area contributed by atoms with Crippen molar-refractivity contribution in [1.82, 2.24) is 15.5 Å². The quantitative estimate of drug-likeness (QED) is 0.241. The van der Waals surface area contributed by atoms with E-state index in [1.54, 1.807) is 51.1 Å². The van der Waals surface area contributed by atoms with E-state index in [2.05, 4.69) is 23.1 Å². The van der Waals surface area contributed by atoms with Crippen molar-refractivity contribution in [3.63, 3.8) is 0 Å². The molecule has 2 unspecified atom stereocenters. The second-order valence-electron chi connectivity index (χ2n) is 9.98. The number of rotatable bonds is 12. The molecule has 0 spiro atoms. The Morgan fingerprint density at radius 3 is 2.32 bits per heavy atom. The molecule has 2 rings (SSSR count). The summed E-state index contributed by atoms with van der Waals surface area (Å²) < 4.78 is 5.44. The van der Waals surface area contributed by atoms with Crippen molar-refractivity contribution in [2.45, 2.75) is 64.6 Å². The first-order valence-electron chi connectivity index (χ1n) is 12.9. The molecule has 202 valence electrons. The number of ether oxygens (including phenoxy) is 1. The van der Waals surface area contributed by atoms with Crippen molar-refractivity contribution in [1.29, 1.82) is 0 Å². The van der Waals surface area contributed by atoms with Gasteiger partial charge in [-0.25, -0.2) is 4.79 Å². The SMILES string of the molecule is C#Cc1ccc(C(C(=O)NCCCC)N(CC=C)C(=O)C(Cc2ccccc2)NC(=O)OC(C)(C)C)cc1. The Kier molecular flexibility index (Phi) is 11.6. The fraction of sp³-hybridized carbons (Fsp3) is 0.387. The van der Waals surface area contributed by atoms with Gasteiger partial charge < -0.3 is 20.3 Å². The summed E-state index contributed by atoms with van der Waals surface area (Å²) in [7, 11) is 0. The third kappa shape index (κ3) is 9.44. The van der Waals surface area contributed by atoms with Gasteiger partial charge >= 0.3 is 6.09 Å². The molecule has 2 N–H and O–H groups in total. The van der Waals surface area contributed by atoms with Crippen LogP contribution >= 0.6 is 0 Å². The topological polar surface area (TPSA) is 87.7 Å². The number of alkyl carbamates (subject to hydrolysis) is 1. The highest BCUT2D eigenvalue weighted by molar-refractivity contribution is 5.92. The number of benzene rings is 2. The normalized spacial score (nSPS) is 12.4.